The normalized spacial score (nSPS) is 15.0. The minimum absolute atomic E-state index is 0.0310. The van der Waals surface area contributed by atoms with E-state index in [1.165, 1.54) is 31.6 Å². The number of halogens is 3. The zero-order valence-corrected chi connectivity index (χ0v) is 28.8. The van der Waals surface area contributed by atoms with E-state index < -0.39 is 50.1 Å². The summed E-state index contributed by atoms with van der Waals surface area (Å²) in [6, 6.07) is 16.4. The second-order valence-electron chi connectivity index (χ2n) is 12.1. The Kier molecular flexibility index (Phi) is 10.2. The van der Waals surface area contributed by atoms with Gasteiger partial charge >= 0.3 is 6.09 Å². The van der Waals surface area contributed by atoms with Gasteiger partial charge in [-0.05, 0) is 66.1 Å². The summed E-state index contributed by atoms with van der Waals surface area (Å²) in [6.45, 7) is 1.47. The number of hydrogen-bond donors (Lipinski definition) is 1. The lowest BCUT2D eigenvalue weighted by molar-refractivity contribution is -0.0215. The number of ether oxygens (including phenoxy) is 3. The Hall–Kier alpha value is -5.12. The van der Waals surface area contributed by atoms with Crippen molar-refractivity contribution in [3.8, 4) is 22.8 Å². The van der Waals surface area contributed by atoms with E-state index >= 15 is 8.78 Å². The van der Waals surface area contributed by atoms with E-state index in [0.29, 0.717) is 22.6 Å². The molecule has 1 aliphatic rings. The average molecular weight is 725 g/mol. The first-order valence-corrected chi connectivity index (χ1v) is 17.3. The van der Waals surface area contributed by atoms with Crippen molar-refractivity contribution in [1.29, 1.82) is 0 Å². The third-order valence-corrected chi connectivity index (χ3v) is 10.5. The van der Waals surface area contributed by atoms with E-state index in [1.807, 2.05) is 0 Å². The smallest absolute Gasteiger partial charge is 0.407 e. The molecular weight excluding hydrogens is 689 g/mol. The lowest BCUT2D eigenvalue weighted by Gasteiger charge is -2.31. The summed E-state index contributed by atoms with van der Waals surface area (Å²) < 4.78 is 94.3. The molecule has 51 heavy (non-hydrogen) atoms. The predicted molar refractivity (Wildman–Crippen MR) is 181 cm³/mol. The summed E-state index contributed by atoms with van der Waals surface area (Å²) in [7, 11) is -1.51. The monoisotopic (exact) mass is 724 g/mol. The molecule has 5 aromatic rings. The Morgan fingerprint density at radius 1 is 0.941 bits per heavy atom. The third-order valence-electron chi connectivity index (χ3n) is 8.76. The first-order chi connectivity index (χ1) is 24.4. The van der Waals surface area contributed by atoms with Crippen molar-refractivity contribution in [3.05, 3.63) is 113 Å². The highest BCUT2D eigenvalue weighted by Crippen LogP contribution is 2.34. The van der Waals surface area contributed by atoms with Gasteiger partial charge in [0.25, 0.3) is 0 Å². The van der Waals surface area contributed by atoms with E-state index in [-0.39, 0.29) is 61.8 Å². The lowest BCUT2D eigenvalue weighted by atomic mass is 10.0. The van der Waals surface area contributed by atoms with Crippen LogP contribution in [0.5, 0.6) is 11.5 Å². The number of sulfonamides is 1. The highest BCUT2D eigenvalue weighted by Gasteiger charge is 2.32. The van der Waals surface area contributed by atoms with E-state index in [0.717, 1.165) is 27.5 Å². The molecule has 3 aromatic carbocycles. The average Bonchev–Trinajstić information content (AvgIpc) is 3.43. The van der Waals surface area contributed by atoms with E-state index in [2.05, 4.69) is 4.98 Å². The zero-order valence-electron chi connectivity index (χ0n) is 28.0. The Balaban J connectivity index is 1.40. The van der Waals surface area contributed by atoms with Crippen LogP contribution < -0.4 is 9.47 Å². The van der Waals surface area contributed by atoms with Gasteiger partial charge in [-0.1, -0.05) is 24.3 Å². The maximum Gasteiger partial charge on any atom is 0.407 e. The number of fused-ring (bicyclic) bond motifs is 1. The van der Waals surface area contributed by atoms with Crippen LogP contribution in [0.3, 0.4) is 0 Å². The molecule has 0 aliphatic carbocycles. The number of hydrogen-bond acceptors (Lipinski definition) is 7. The number of morpholine rings is 1. The van der Waals surface area contributed by atoms with E-state index in [4.69, 9.17) is 14.2 Å². The number of carbonyl (C=O) groups is 1. The van der Waals surface area contributed by atoms with Gasteiger partial charge in [-0.2, -0.15) is 4.31 Å². The van der Waals surface area contributed by atoms with Crippen molar-refractivity contribution in [2.45, 2.75) is 37.4 Å². The fraction of sp³-hybridized carbons (Fsp3) is 0.278. The molecule has 1 aliphatic heterocycles. The van der Waals surface area contributed by atoms with Crippen molar-refractivity contribution in [3.63, 3.8) is 0 Å². The minimum atomic E-state index is -4.52. The molecule has 1 amide bonds. The quantitative estimate of drug-likeness (QED) is 0.175. The first-order valence-electron chi connectivity index (χ1n) is 15.9. The number of aromatic nitrogens is 2. The molecule has 0 radical (unpaired) electrons. The van der Waals surface area contributed by atoms with Crippen molar-refractivity contribution in [1.82, 2.24) is 18.6 Å². The Morgan fingerprint density at radius 3 is 2.04 bits per heavy atom. The van der Waals surface area contributed by atoms with Gasteiger partial charge in [0, 0.05) is 32.3 Å². The Bertz CT molecular complexity index is 2110. The zero-order chi connectivity index (χ0) is 36.4. The van der Waals surface area contributed by atoms with Crippen LogP contribution in [0.4, 0.5) is 18.0 Å². The summed E-state index contributed by atoms with van der Waals surface area (Å²) in [4.78, 5) is 16.6. The lowest BCUT2D eigenvalue weighted by Crippen LogP contribution is -2.45. The molecular formula is C36H35F3N4O7S. The van der Waals surface area contributed by atoms with Crippen LogP contribution in [0, 0.1) is 24.4 Å². The van der Waals surface area contributed by atoms with Crippen LogP contribution in [0.15, 0.2) is 77.8 Å². The summed E-state index contributed by atoms with van der Waals surface area (Å²) in [5.41, 5.74) is 0.993. The number of nitrogens with zero attached hydrogens (tertiary/aromatic N) is 4. The largest absolute Gasteiger partial charge is 0.497 e. The molecule has 15 heteroatoms. The molecule has 11 nitrogen and oxygen atoms in total. The number of imidazole rings is 1. The van der Waals surface area contributed by atoms with Gasteiger partial charge in [-0.25, -0.2) is 31.4 Å². The van der Waals surface area contributed by atoms with Crippen molar-refractivity contribution in [2.75, 3.05) is 33.9 Å². The number of rotatable bonds is 11. The van der Waals surface area contributed by atoms with Gasteiger partial charge in [0.15, 0.2) is 0 Å². The summed E-state index contributed by atoms with van der Waals surface area (Å²) in [5, 5.41) is 9.51. The summed E-state index contributed by atoms with van der Waals surface area (Å²) in [6.07, 6.45) is -0.809. The van der Waals surface area contributed by atoms with Gasteiger partial charge in [-0.3, -0.25) is 0 Å². The van der Waals surface area contributed by atoms with E-state index in [9.17, 15) is 22.7 Å². The molecule has 0 saturated carbocycles. The van der Waals surface area contributed by atoms with Crippen molar-refractivity contribution in [2.24, 2.45) is 0 Å². The second kappa shape index (κ2) is 14.6. The SMILES string of the molecule is COc1ccc(CN(Cc2ccc(OC)cc2)S(=O)(=O)c2cc(F)c(-c3nc4cc(C)c(F)cn4c3C[C@H]3CN(C(=O)O)CCO3)c(F)c2)cc1. The molecule has 268 valence electrons. The van der Waals surface area contributed by atoms with Crippen molar-refractivity contribution < 1.29 is 45.7 Å². The van der Waals surface area contributed by atoms with Gasteiger partial charge in [0.1, 0.15) is 34.6 Å². The molecule has 0 unspecified atom stereocenters. The molecule has 0 bridgehead atoms. The maximum absolute atomic E-state index is 16.2. The number of methoxy groups -OCH3 is 2. The molecule has 0 spiro atoms. The number of carboxylic acid groups (broad SMARTS) is 1. The number of aryl methyl sites for hydroxylation is 1. The van der Waals surface area contributed by atoms with Crippen LogP contribution in [-0.4, -0.2) is 78.2 Å². The standard InChI is InChI=1S/C36H35F3N4O7S/c1-22-14-33-40-35(32(43(33)21-31(22)39)15-27-20-41(36(44)45)12-13-50-27)34-29(37)16-28(17-30(34)38)51(46,47)42(18-23-4-8-25(48-2)9-5-23)19-24-6-10-26(49-3)11-7-24/h4-11,14,16-17,21,27H,12-13,15,18-20H2,1-3H3,(H,44,45)/t27-/m0/s1. The molecule has 1 atom stereocenters. The van der Waals surface area contributed by atoms with Gasteiger partial charge in [0.05, 0.1) is 55.3 Å². The molecule has 3 heterocycles. The van der Waals surface area contributed by atoms with E-state index in [1.54, 1.807) is 48.5 Å². The maximum atomic E-state index is 16.2. The molecule has 1 saturated heterocycles. The fourth-order valence-electron chi connectivity index (χ4n) is 6.01. The number of amides is 1. The number of benzene rings is 3. The minimum Gasteiger partial charge on any atom is -0.497 e. The van der Waals surface area contributed by atoms with Crippen LogP contribution in [-0.2, 0) is 34.3 Å². The first kappa shape index (κ1) is 35.7. The molecule has 1 N–H and O–H groups in total. The third kappa shape index (κ3) is 7.50. The highest BCUT2D eigenvalue weighted by molar-refractivity contribution is 7.89. The summed E-state index contributed by atoms with van der Waals surface area (Å²) >= 11 is 0. The van der Waals surface area contributed by atoms with Gasteiger partial charge in [-0.15, -0.1) is 0 Å². The molecule has 2 aromatic heterocycles. The Labute approximate surface area is 292 Å². The highest BCUT2D eigenvalue weighted by atomic mass is 32.2. The van der Waals surface area contributed by atoms with Crippen LogP contribution in [0.1, 0.15) is 22.4 Å². The van der Waals surface area contributed by atoms with Crippen LogP contribution >= 0.6 is 0 Å². The van der Waals surface area contributed by atoms with Gasteiger partial charge in [0.2, 0.25) is 10.0 Å². The molecule has 1 fully saturated rings. The topological polar surface area (TPSA) is 123 Å². The predicted octanol–water partition coefficient (Wildman–Crippen LogP) is 6.06. The Morgan fingerprint density at radius 2 is 1.51 bits per heavy atom. The number of pyridine rings is 1. The second-order valence-corrected chi connectivity index (χ2v) is 14.0. The van der Waals surface area contributed by atoms with Gasteiger partial charge < -0.3 is 28.6 Å². The fourth-order valence-corrected chi connectivity index (χ4v) is 7.45. The molecule has 6 rings (SSSR count). The van der Waals surface area contributed by atoms with Crippen molar-refractivity contribution >= 4 is 21.8 Å². The van der Waals surface area contributed by atoms with Crippen LogP contribution in [0.25, 0.3) is 16.9 Å². The summed E-state index contributed by atoms with van der Waals surface area (Å²) in [5.74, 6) is -1.87. The van der Waals surface area contributed by atoms with Crippen LogP contribution in [0.2, 0.25) is 0 Å².